The van der Waals surface area contributed by atoms with E-state index in [1.165, 1.54) is 12.1 Å². The minimum Gasteiger partial charge on any atom is -0.495 e. The fraction of sp³-hybridized carbons (Fsp3) is 0.286. The van der Waals surface area contributed by atoms with Gasteiger partial charge in [-0.2, -0.15) is 0 Å². The van der Waals surface area contributed by atoms with Crippen LogP contribution in [0.3, 0.4) is 0 Å². The summed E-state index contributed by atoms with van der Waals surface area (Å²) in [6, 6.07) is 18.3. The number of piperazine rings is 1. The van der Waals surface area contributed by atoms with Crippen LogP contribution in [0.2, 0.25) is 0 Å². The zero-order valence-electron chi connectivity index (χ0n) is 22.3. The molecule has 1 saturated heterocycles. The zero-order valence-corrected chi connectivity index (χ0v) is 23.9. The third kappa shape index (κ3) is 6.14. The molecular weight excluding hydrogens is 550 g/mol. The lowest BCUT2D eigenvalue weighted by Crippen LogP contribution is -2.48. The van der Waals surface area contributed by atoms with Crippen LogP contribution in [0.5, 0.6) is 11.5 Å². The standard InChI is InChI=1S/C28H31N5O5S2/c1-37-23-12-13-24(38-2)26-25(23)30-28(39-26)33-18-16-32(17-19-33)15-14-29-27(34)20-8-10-21(11-9-20)31-40(35,36)22-6-4-3-5-7-22/h3-13,31H,14-19H2,1-2H3,(H,29,34). The molecule has 10 nitrogen and oxygen atoms in total. The Bertz CT molecular complexity index is 1530. The van der Waals surface area contributed by atoms with Crippen molar-refractivity contribution in [2.75, 3.05) is 63.1 Å². The van der Waals surface area contributed by atoms with Gasteiger partial charge in [-0.3, -0.25) is 14.4 Å². The predicted molar refractivity (Wildman–Crippen MR) is 157 cm³/mol. The minimum atomic E-state index is -3.68. The topological polar surface area (TPSA) is 113 Å². The molecule has 0 radical (unpaired) electrons. The van der Waals surface area contributed by atoms with E-state index in [1.54, 1.807) is 68.0 Å². The van der Waals surface area contributed by atoms with E-state index in [-0.39, 0.29) is 10.8 Å². The maximum absolute atomic E-state index is 12.6. The molecule has 0 spiro atoms. The number of methoxy groups -OCH3 is 2. The van der Waals surface area contributed by atoms with Gasteiger partial charge >= 0.3 is 0 Å². The van der Waals surface area contributed by atoms with Gasteiger partial charge in [-0.25, -0.2) is 13.4 Å². The molecule has 4 aromatic rings. The number of rotatable bonds is 10. The van der Waals surface area contributed by atoms with E-state index in [0.29, 0.717) is 17.8 Å². The Morgan fingerprint density at radius 2 is 1.60 bits per heavy atom. The van der Waals surface area contributed by atoms with Crippen molar-refractivity contribution in [1.82, 2.24) is 15.2 Å². The Balaban J connectivity index is 1.09. The van der Waals surface area contributed by atoms with Crippen LogP contribution in [-0.2, 0) is 10.0 Å². The van der Waals surface area contributed by atoms with Crippen molar-refractivity contribution in [3.63, 3.8) is 0 Å². The maximum atomic E-state index is 12.6. The van der Waals surface area contributed by atoms with Gasteiger partial charge < -0.3 is 19.7 Å². The van der Waals surface area contributed by atoms with Gasteiger partial charge in [0.05, 0.1) is 19.1 Å². The summed E-state index contributed by atoms with van der Waals surface area (Å²) in [5.41, 5.74) is 1.67. The number of amides is 1. The molecule has 1 aliphatic rings. The number of ether oxygens (including phenoxy) is 2. The van der Waals surface area contributed by atoms with Crippen LogP contribution in [0.1, 0.15) is 10.4 Å². The molecule has 12 heteroatoms. The summed E-state index contributed by atoms with van der Waals surface area (Å²) in [5, 5.41) is 3.90. The largest absolute Gasteiger partial charge is 0.495 e. The van der Waals surface area contributed by atoms with Crippen LogP contribution in [0.25, 0.3) is 10.2 Å². The molecule has 0 unspecified atom stereocenters. The van der Waals surface area contributed by atoms with E-state index in [4.69, 9.17) is 14.5 Å². The molecule has 210 valence electrons. The Labute approximate surface area is 237 Å². The summed E-state index contributed by atoms with van der Waals surface area (Å²) in [7, 11) is -0.383. The van der Waals surface area contributed by atoms with Crippen LogP contribution >= 0.6 is 11.3 Å². The van der Waals surface area contributed by atoms with Crippen molar-refractivity contribution >= 4 is 48.3 Å². The molecule has 0 atom stereocenters. The van der Waals surface area contributed by atoms with Crippen molar-refractivity contribution in [2.45, 2.75) is 4.90 Å². The summed E-state index contributed by atoms with van der Waals surface area (Å²) >= 11 is 1.60. The van der Waals surface area contributed by atoms with E-state index in [1.807, 2.05) is 12.1 Å². The average molecular weight is 582 g/mol. The van der Waals surface area contributed by atoms with E-state index in [0.717, 1.165) is 59.6 Å². The first kappa shape index (κ1) is 27.7. The molecule has 1 aliphatic heterocycles. The number of benzene rings is 3. The number of fused-ring (bicyclic) bond motifs is 1. The van der Waals surface area contributed by atoms with Gasteiger partial charge in [0.15, 0.2) is 5.13 Å². The Morgan fingerprint density at radius 1 is 0.925 bits per heavy atom. The number of nitrogens with zero attached hydrogens (tertiary/aromatic N) is 3. The number of nitrogens with one attached hydrogen (secondary N) is 2. The van der Waals surface area contributed by atoms with Gasteiger partial charge in [-0.1, -0.05) is 29.5 Å². The lowest BCUT2D eigenvalue weighted by molar-refractivity contribution is 0.0948. The van der Waals surface area contributed by atoms with E-state index < -0.39 is 10.0 Å². The number of hydrogen-bond acceptors (Lipinski definition) is 9. The van der Waals surface area contributed by atoms with Gasteiger partial charge in [-0.15, -0.1) is 0 Å². The third-order valence-electron chi connectivity index (χ3n) is 6.71. The fourth-order valence-electron chi connectivity index (χ4n) is 4.51. The predicted octanol–water partition coefficient (Wildman–Crippen LogP) is 3.67. The molecule has 5 rings (SSSR count). The smallest absolute Gasteiger partial charge is 0.261 e. The number of carbonyl (C=O) groups excluding carboxylic acids is 1. The molecule has 0 bridgehead atoms. The van der Waals surface area contributed by atoms with E-state index >= 15 is 0 Å². The molecule has 0 saturated carbocycles. The number of anilines is 2. The molecule has 2 N–H and O–H groups in total. The van der Waals surface area contributed by atoms with Crippen LogP contribution in [0.4, 0.5) is 10.8 Å². The first-order valence-corrected chi connectivity index (χ1v) is 15.1. The van der Waals surface area contributed by atoms with Crippen LogP contribution in [0.15, 0.2) is 71.6 Å². The van der Waals surface area contributed by atoms with Crippen LogP contribution < -0.4 is 24.4 Å². The molecule has 1 fully saturated rings. The summed E-state index contributed by atoms with van der Waals surface area (Å²) in [6.45, 7) is 4.62. The summed E-state index contributed by atoms with van der Waals surface area (Å²) < 4.78 is 39.5. The Morgan fingerprint density at radius 3 is 2.27 bits per heavy atom. The lowest BCUT2D eigenvalue weighted by Gasteiger charge is -2.34. The van der Waals surface area contributed by atoms with Crippen molar-refractivity contribution < 1.29 is 22.7 Å². The second kappa shape index (κ2) is 12.1. The quantitative estimate of drug-likeness (QED) is 0.292. The van der Waals surface area contributed by atoms with Crippen molar-refractivity contribution in [1.29, 1.82) is 0 Å². The Kier molecular flexibility index (Phi) is 8.38. The molecule has 40 heavy (non-hydrogen) atoms. The van der Waals surface area contributed by atoms with Gasteiger partial charge in [0.25, 0.3) is 15.9 Å². The maximum Gasteiger partial charge on any atom is 0.261 e. The number of sulfonamides is 1. The normalized spacial score (nSPS) is 14.2. The minimum absolute atomic E-state index is 0.179. The lowest BCUT2D eigenvalue weighted by atomic mass is 10.2. The van der Waals surface area contributed by atoms with Crippen molar-refractivity contribution in [2.24, 2.45) is 0 Å². The molecule has 1 aromatic heterocycles. The average Bonchev–Trinajstić information content (AvgIpc) is 3.43. The van der Waals surface area contributed by atoms with E-state index in [2.05, 4.69) is 19.8 Å². The molecule has 0 aliphatic carbocycles. The van der Waals surface area contributed by atoms with Crippen LogP contribution in [-0.4, -0.2) is 77.7 Å². The molecule has 1 amide bonds. The third-order valence-corrected chi connectivity index (χ3v) is 9.24. The van der Waals surface area contributed by atoms with Gasteiger partial charge in [0.1, 0.15) is 21.7 Å². The summed E-state index contributed by atoms with van der Waals surface area (Å²) in [5.74, 6) is 1.32. The monoisotopic (exact) mass is 581 g/mol. The highest BCUT2D eigenvalue weighted by Gasteiger charge is 2.22. The highest BCUT2D eigenvalue weighted by Crippen LogP contribution is 2.40. The number of thiazole rings is 1. The summed E-state index contributed by atoms with van der Waals surface area (Å²) in [6.07, 6.45) is 0. The number of hydrogen-bond donors (Lipinski definition) is 2. The fourth-order valence-corrected chi connectivity index (χ4v) is 6.71. The first-order valence-electron chi connectivity index (χ1n) is 12.8. The van der Waals surface area contributed by atoms with Crippen molar-refractivity contribution in [3.05, 3.63) is 72.3 Å². The Hall–Kier alpha value is -3.87. The van der Waals surface area contributed by atoms with Crippen LogP contribution in [0, 0.1) is 0 Å². The SMILES string of the molecule is COc1ccc(OC)c2sc(N3CCN(CCNC(=O)c4ccc(NS(=O)(=O)c5ccccc5)cc4)CC3)nc12. The highest BCUT2D eigenvalue weighted by molar-refractivity contribution is 7.92. The van der Waals surface area contributed by atoms with Gasteiger partial charge in [0, 0.05) is 50.5 Å². The zero-order chi connectivity index (χ0) is 28.1. The van der Waals surface area contributed by atoms with Crippen molar-refractivity contribution in [3.8, 4) is 11.5 Å². The second-order valence-electron chi connectivity index (χ2n) is 9.22. The number of aromatic nitrogens is 1. The van der Waals surface area contributed by atoms with Gasteiger partial charge in [-0.05, 0) is 48.5 Å². The molecule has 3 aromatic carbocycles. The van der Waals surface area contributed by atoms with E-state index in [9.17, 15) is 13.2 Å². The molecular formula is C28H31N5O5S2. The first-order chi connectivity index (χ1) is 19.4. The summed E-state index contributed by atoms with van der Waals surface area (Å²) in [4.78, 5) is 22.2. The number of carbonyl (C=O) groups is 1. The molecule has 2 heterocycles. The highest BCUT2D eigenvalue weighted by atomic mass is 32.2. The second-order valence-corrected chi connectivity index (χ2v) is 11.9. The van der Waals surface area contributed by atoms with Gasteiger partial charge in [0.2, 0.25) is 0 Å².